The number of carbonyl (C=O) groups excluding carboxylic acids is 1. The normalized spacial score (nSPS) is 12.9. The molecule has 1 unspecified atom stereocenters. The average molecular weight is 345 g/mol. The lowest BCUT2D eigenvalue weighted by molar-refractivity contribution is -0.148. The molecule has 0 aliphatic carbocycles. The molecule has 2 aromatic carbocycles. The molecule has 1 atom stereocenters. The first kappa shape index (κ1) is 18.4. The molecule has 6 heteroatoms. The van der Waals surface area contributed by atoms with Crippen molar-refractivity contribution < 1.29 is 23.8 Å². The van der Waals surface area contributed by atoms with Gasteiger partial charge in [0.05, 0.1) is 0 Å². The van der Waals surface area contributed by atoms with Crippen LogP contribution in [0.4, 0.5) is 9.18 Å². The summed E-state index contributed by atoms with van der Waals surface area (Å²) in [4.78, 5) is 25.1. The second kappa shape index (κ2) is 7.79. The summed E-state index contributed by atoms with van der Waals surface area (Å²) in [5.74, 6) is -1.75. The standard InChI is InChI=1S/C19H20FNO4/c1-19(17(22)23,12-15-10-6-7-11-16(15)20)21(2)18(24)25-13-14-8-4-3-5-9-14/h3-11H,12-13H2,1-2H3,(H,22,23). The topological polar surface area (TPSA) is 66.8 Å². The van der Waals surface area contributed by atoms with Crippen LogP contribution in [-0.2, 0) is 22.6 Å². The van der Waals surface area contributed by atoms with Crippen molar-refractivity contribution in [3.63, 3.8) is 0 Å². The van der Waals surface area contributed by atoms with Gasteiger partial charge in [0.15, 0.2) is 0 Å². The van der Waals surface area contributed by atoms with E-state index in [9.17, 15) is 19.1 Å². The number of halogens is 1. The van der Waals surface area contributed by atoms with Gasteiger partial charge in [-0.05, 0) is 24.1 Å². The van der Waals surface area contributed by atoms with Crippen LogP contribution in [0.25, 0.3) is 0 Å². The fourth-order valence-corrected chi connectivity index (χ4v) is 2.37. The third-order valence-corrected chi connectivity index (χ3v) is 4.17. The van der Waals surface area contributed by atoms with Crippen LogP contribution >= 0.6 is 0 Å². The molecular weight excluding hydrogens is 325 g/mol. The van der Waals surface area contributed by atoms with Gasteiger partial charge < -0.3 is 9.84 Å². The third kappa shape index (κ3) is 4.35. The van der Waals surface area contributed by atoms with Crippen LogP contribution in [0.15, 0.2) is 54.6 Å². The zero-order valence-corrected chi connectivity index (χ0v) is 14.1. The molecule has 0 saturated heterocycles. The van der Waals surface area contributed by atoms with Crippen molar-refractivity contribution in [1.29, 1.82) is 0 Å². The number of carboxylic acids is 1. The highest BCUT2D eigenvalue weighted by Crippen LogP contribution is 2.23. The lowest BCUT2D eigenvalue weighted by Crippen LogP contribution is -2.54. The lowest BCUT2D eigenvalue weighted by atomic mass is 9.91. The zero-order valence-electron chi connectivity index (χ0n) is 14.1. The molecule has 0 bridgehead atoms. The Kier molecular flexibility index (Phi) is 5.75. The molecule has 25 heavy (non-hydrogen) atoms. The van der Waals surface area contributed by atoms with E-state index < -0.39 is 23.4 Å². The van der Waals surface area contributed by atoms with Crippen molar-refractivity contribution in [3.05, 3.63) is 71.5 Å². The first-order chi connectivity index (χ1) is 11.8. The smallest absolute Gasteiger partial charge is 0.410 e. The minimum atomic E-state index is -1.64. The Balaban J connectivity index is 2.13. The predicted octanol–water partition coefficient (Wildman–Crippen LogP) is 3.48. The summed E-state index contributed by atoms with van der Waals surface area (Å²) in [5.41, 5.74) is -0.638. The van der Waals surface area contributed by atoms with E-state index in [0.29, 0.717) is 0 Å². The molecular formula is C19H20FNO4. The van der Waals surface area contributed by atoms with Crippen LogP contribution < -0.4 is 0 Å². The number of carbonyl (C=O) groups is 2. The molecule has 0 aromatic heterocycles. The summed E-state index contributed by atoms with van der Waals surface area (Å²) in [7, 11) is 1.34. The highest BCUT2D eigenvalue weighted by molar-refractivity contribution is 5.84. The second-order valence-electron chi connectivity index (χ2n) is 5.95. The fraction of sp³-hybridized carbons (Fsp3) is 0.263. The number of hydrogen-bond acceptors (Lipinski definition) is 3. The Morgan fingerprint density at radius 2 is 1.72 bits per heavy atom. The molecule has 0 saturated carbocycles. The van der Waals surface area contributed by atoms with Gasteiger partial charge in [0, 0.05) is 13.5 Å². The number of benzene rings is 2. The summed E-state index contributed by atoms with van der Waals surface area (Å²) >= 11 is 0. The number of hydrogen-bond donors (Lipinski definition) is 1. The van der Waals surface area contributed by atoms with Crippen LogP contribution in [-0.4, -0.2) is 34.7 Å². The minimum Gasteiger partial charge on any atom is -0.479 e. The maximum atomic E-state index is 13.9. The molecule has 1 amide bonds. The van der Waals surface area contributed by atoms with Crippen molar-refractivity contribution in [1.82, 2.24) is 4.90 Å². The summed E-state index contributed by atoms with van der Waals surface area (Å²) in [6, 6.07) is 15.0. The molecule has 0 radical (unpaired) electrons. The van der Waals surface area contributed by atoms with E-state index in [1.165, 1.54) is 32.2 Å². The van der Waals surface area contributed by atoms with E-state index in [-0.39, 0.29) is 18.6 Å². The van der Waals surface area contributed by atoms with Crippen molar-refractivity contribution >= 4 is 12.1 Å². The first-order valence-corrected chi connectivity index (χ1v) is 7.76. The number of ether oxygens (including phenoxy) is 1. The number of rotatable bonds is 6. The van der Waals surface area contributed by atoms with E-state index >= 15 is 0 Å². The number of carboxylic acid groups (broad SMARTS) is 1. The molecule has 0 fully saturated rings. The monoisotopic (exact) mass is 345 g/mol. The van der Waals surface area contributed by atoms with Gasteiger partial charge in [-0.15, -0.1) is 0 Å². The minimum absolute atomic E-state index is 0.0272. The quantitative estimate of drug-likeness (QED) is 0.870. The Labute approximate surface area is 145 Å². The molecule has 0 heterocycles. The Bertz CT molecular complexity index is 750. The summed E-state index contributed by atoms with van der Waals surface area (Å²) in [6.45, 7) is 1.39. The largest absolute Gasteiger partial charge is 0.479 e. The Morgan fingerprint density at radius 3 is 2.32 bits per heavy atom. The summed E-state index contributed by atoms with van der Waals surface area (Å²) in [5, 5.41) is 9.62. The van der Waals surface area contributed by atoms with E-state index in [1.807, 2.05) is 18.2 Å². The molecule has 0 spiro atoms. The number of amides is 1. The van der Waals surface area contributed by atoms with E-state index in [1.54, 1.807) is 18.2 Å². The van der Waals surface area contributed by atoms with Gasteiger partial charge in [0.1, 0.15) is 18.0 Å². The van der Waals surface area contributed by atoms with E-state index in [4.69, 9.17) is 4.74 Å². The van der Waals surface area contributed by atoms with Crippen LogP contribution in [0.2, 0.25) is 0 Å². The molecule has 0 aliphatic heterocycles. The van der Waals surface area contributed by atoms with Crippen LogP contribution in [0, 0.1) is 5.82 Å². The zero-order chi connectivity index (χ0) is 18.4. The Hall–Kier alpha value is -2.89. The molecule has 0 aliphatic rings. The highest BCUT2D eigenvalue weighted by atomic mass is 19.1. The first-order valence-electron chi connectivity index (χ1n) is 7.76. The van der Waals surface area contributed by atoms with Gasteiger partial charge in [0.2, 0.25) is 0 Å². The maximum absolute atomic E-state index is 13.9. The number of aliphatic carboxylic acids is 1. The van der Waals surface area contributed by atoms with Gasteiger partial charge in [-0.3, -0.25) is 4.90 Å². The van der Waals surface area contributed by atoms with Gasteiger partial charge in [0.25, 0.3) is 0 Å². The third-order valence-electron chi connectivity index (χ3n) is 4.17. The summed E-state index contributed by atoms with van der Waals surface area (Å²) in [6.07, 6.45) is -0.962. The fourth-order valence-electron chi connectivity index (χ4n) is 2.37. The molecule has 2 aromatic rings. The van der Waals surface area contributed by atoms with Crippen molar-refractivity contribution in [3.8, 4) is 0 Å². The van der Waals surface area contributed by atoms with Gasteiger partial charge in [-0.2, -0.15) is 0 Å². The molecule has 2 rings (SSSR count). The number of nitrogens with zero attached hydrogens (tertiary/aromatic N) is 1. The van der Waals surface area contributed by atoms with Gasteiger partial charge in [-0.25, -0.2) is 14.0 Å². The van der Waals surface area contributed by atoms with Crippen LogP contribution in [0.5, 0.6) is 0 Å². The van der Waals surface area contributed by atoms with E-state index in [2.05, 4.69) is 0 Å². The van der Waals surface area contributed by atoms with Gasteiger partial charge >= 0.3 is 12.1 Å². The predicted molar refractivity (Wildman–Crippen MR) is 90.5 cm³/mol. The van der Waals surface area contributed by atoms with Crippen molar-refractivity contribution in [2.75, 3.05) is 7.05 Å². The lowest BCUT2D eigenvalue weighted by Gasteiger charge is -2.34. The average Bonchev–Trinajstić information content (AvgIpc) is 2.61. The van der Waals surface area contributed by atoms with Crippen molar-refractivity contribution in [2.45, 2.75) is 25.5 Å². The summed E-state index contributed by atoms with van der Waals surface area (Å²) < 4.78 is 19.1. The number of likely N-dealkylation sites (N-methyl/N-ethyl adjacent to an activating group) is 1. The van der Waals surface area contributed by atoms with Crippen LogP contribution in [0.3, 0.4) is 0 Å². The highest BCUT2D eigenvalue weighted by Gasteiger charge is 2.41. The van der Waals surface area contributed by atoms with Gasteiger partial charge in [-0.1, -0.05) is 48.5 Å². The Morgan fingerprint density at radius 1 is 1.12 bits per heavy atom. The van der Waals surface area contributed by atoms with Crippen molar-refractivity contribution in [2.24, 2.45) is 0 Å². The molecule has 5 nitrogen and oxygen atoms in total. The second-order valence-corrected chi connectivity index (χ2v) is 5.95. The SMILES string of the molecule is CN(C(=O)OCc1ccccc1)C(C)(Cc1ccccc1F)C(=O)O. The molecule has 132 valence electrons. The van der Waals surface area contributed by atoms with Crippen LogP contribution in [0.1, 0.15) is 18.1 Å². The van der Waals surface area contributed by atoms with E-state index in [0.717, 1.165) is 10.5 Å². The maximum Gasteiger partial charge on any atom is 0.410 e. The molecule has 1 N–H and O–H groups in total.